The number of unbranched alkanes of at least 4 members (excludes halogenated alkanes) is 1. The largest absolute Gasteiger partial charge is 0.482 e. The molecule has 1 amide bonds. The number of hydrogen-bond donors (Lipinski definition) is 3. The first-order chi connectivity index (χ1) is 9.52. The Morgan fingerprint density at radius 3 is 2.55 bits per heavy atom. The van der Waals surface area contributed by atoms with Crippen LogP contribution in [0.2, 0.25) is 0 Å². The lowest BCUT2D eigenvalue weighted by atomic mass is 10.1. The van der Waals surface area contributed by atoms with E-state index in [4.69, 9.17) is 15.6 Å². The van der Waals surface area contributed by atoms with E-state index in [9.17, 15) is 9.59 Å². The summed E-state index contributed by atoms with van der Waals surface area (Å²) in [6.45, 7) is 1.65. The minimum Gasteiger partial charge on any atom is -0.482 e. The molecule has 0 spiro atoms. The summed E-state index contributed by atoms with van der Waals surface area (Å²) in [4.78, 5) is 22.1. The summed E-state index contributed by atoms with van der Waals surface area (Å²) in [5, 5.41) is 11.2. The van der Waals surface area contributed by atoms with Gasteiger partial charge in [-0.1, -0.05) is 19.8 Å². The minimum atomic E-state index is -1.04. The van der Waals surface area contributed by atoms with Crippen molar-refractivity contribution in [2.24, 2.45) is 5.73 Å². The van der Waals surface area contributed by atoms with Gasteiger partial charge in [-0.3, -0.25) is 4.79 Å². The number of benzene rings is 1. The van der Waals surface area contributed by atoms with Crippen molar-refractivity contribution in [2.45, 2.75) is 32.2 Å². The number of amides is 1. The predicted molar refractivity (Wildman–Crippen MR) is 75.7 cm³/mol. The lowest BCUT2D eigenvalue weighted by Crippen LogP contribution is -2.35. The second-order valence-corrected chi connectivity index (χ2v) is 4.44. The van der Waals surface area contributed by atoms with Crippen LogP contribution < -0.4 is 15.8 Å². The highest BCUT2D eigenvalue weighted by molar-refractivity contribution is 5.94. The maximum absolute atomic E-state index is 11.8. The van der Waals surface area contributed by atoms with Gasteiger partial charge in [-0.2, -0.15) is 0 Å². The van der Waals surface area contributed by atoms with E-state index in [1.165, 1.54) is 0 Å². The number of carbonyl (C=O) groups is 2. The molecule has 0 aliphatic heterocycles. The molecule has 4 N–H and O–H groups in total. The number of aliphatic carboxylic acids is 1. The fraction of sp³-hybridized carbons (Fsp3) is 0.429. The van der Waals surface area contributed by atoms with Gasteiger partial charge in [0.25, 0.3) is 0 Å². The summed E-state index contributed by atoms with van der Waals surface area (Å²) >= 11 is 0. The number of carbonyl (C=O) groups excluding carboxylic acids is 1. The van der Waals surface area contributed by atoms with Crippen molar-refractivity contribution < 1.29 is 19.4 Å². The zero-order valence-corrected chi connectivity index (χ0v) is 11.5. The first kappa shape index (κ1) is 16.0. The molecule has 0 saturated carbocycles. The minimum absolute atomic E-state index is 0.224. The van der Waals surface area contributed by atoms with E-state index in [1.807, 2.05) is 6.92 Å². The van der Waals surface area contributed by atoms with Crippen LogP contribution in [-0.2, 0) is 9.59 Å². The van der Waals surface area contributed by atoms with Crippen LogP contribution in [0.15, 0.2) is 24.3 Å². The highest BCUT2D eigenvalue weighted by atomic mass is 16.5. The topological polar surface area (TPSA) is 102 Å². The number of hydrogen-bond acceptors (Lipinski definition) is 4. The van der Waals surface area contributed by atoms with Crippen LogP contribution in [0, 0.1) is 0 Å². The second-order valence-electron chi connectivity index (χ2n) is 4.44. The van der Waals surface area contributed by atoms with E-state index in [2.05, 4.69) is 5.32 Å². The molecule has 0 saturated heterocycles. The Morgan fingerprint density at radius 2 is 2.00 bits per heavy atom. The van der Waals surface area contributed by atoms with Gasteiger partial charge in [-0.25, -0.2) is 4.79 Å². The average molecular weight is 280 g/mol. The molecule has 20 heavy (non-hydrogen) atoms. The molecule has 0 bridgehead atoms. The van der Waals surface area contributed by atoms with Gasteiger partial charge in [0, 0.05) is 5.69 Å². The smallest absolute Gasteiger partial charge is 0.341 e. The molecule has 110 valence electrons. The van der Waals surface area contributed by atoms with Crippen LogP contribution in [0.5, 0.6) is 5.75 Å². The Bertz CT molecular complexity index is 445. The molecule has 1 atom stereocenters. The highest BCUT2D eigenvalue weighted by Gasteiger charge is 2.12. The Labute approximate surface area is 117 Å². The maximum Gasteiger partial charge on any atom is 0.341 e. The zero-order valence-electron chi connectivity index (χ0n) is 11.5. The normalized spacial score (nSPS) is 11.7. The lowest BCUT2D eigenvalue weighted by molar-refractivity contribution is -0.139. The van der Waals surface area contributed by atoms with Crippen molar-refractivity contribution in [3.63, 3.8) is 0 Å². The van der Waals surface area contributed by atoms with Crippen LogP contribution >= 0.6 is 0 Å². The maximum atomic E-state index is 11.8. The molecule has 0 fully saturated rings. The molecule has 0 aliphatic carbocycles. The third kappa shape index (κ3) is 5.71. The number of ether oxygens (including phenoxy) is 1. The molecule has 0 aromatic heterocycles. The highest BCUT2D eigenvalue weighted by Crippen LogP contribution is 2.16. The Morgan fingerprint density at radius 1 is 1.35 bits per heavy atom. The zero-order chi connectivity index (χ0) is 15.0. The SMILES string of the molecule is CCCC[C@H](N)C(=O)Nc1ccc(OCC(=O)O)cc1. The summed E-state index contributed by atoms with van der Waals surface area (Å²) in [6, 6.07) is 5.95. The summed E-state index contributed by atoms with van der Waals surface area (Å²) in [7, 11) is 0. The van der Waals surface area contributed by atoms with E-state index in [0.717, 1.165) is 12.8 Å². The molecular formula is C14H20N2O4. The number of nitrogens with one attached hydrogen (secondary N) is 1. The summed E-state index contributed by atoms with van der Waals surface area (Å²) in [6.07, 6.45) is 2.56. The van der Waals surface area contributed by atoms with Crippen molar-refractivity contribution in [3.8, 4) is 5.75 Å². The Kier molecular flexibility index (Phi) is 6.52. The fourth-order valence-corrected chi connectivity index (χ4v) is 1.57. The Hall–Kier alpha value is -2.08. The van der Waals surface area contributed by atoms with Crippen LogP contribution in [0.1, 0.15) is 26.2 Å². The molecule has 0 unspecified atom stereocenters. The third-order valence-electron chi connectivity index (χ3n) is 2.69. The third-order valence-corrected chi connectivity index (χ3v) is 2.69. The molecule has 0 heterocycles. The molecule has 1 aromatic rings. The summed E-state index contributed by atoms with van der Waals surface area (Å²) < 4.78 is 4.99. The van der Waals surface area contributed by atoms with Gasteiger partial charge in [-0.05, 0) is 30.7 Å². The van der Waals surface area contributed by atoms with Crippen molar-refractivity contribution in [1.82, 2.24) is 0 Å². The number of carboxylic acids is 1. The molecule has 0 aliphatic rings. The summed E-state index contributed by atoms with van der Waals surface area (Å²) in [5.41, 5.74) is 6.36. The molecule has 1 rings (SSSR count). The quantitative estimate of drug-likeness (QED) is 0.671. The first-order valence-corrected chi connectivity index (χ1v) is 6.54. The second kappa shape index (κ2) is 8.16. The van der Waals surface area contributed by atoms with Gasteiger partial charge in [0.15, 0.2) is 6.61 Å². The molecule has 0 radical (unpaired) electrons. The van der Waals surface area contributed by atoms with Gasteiger partial charge in [0.1, 0.15) is 5.75 Å². The van der Waals surface area contributed by atoms with Crippen molar-refractivity contribution in [1.29, 1.82) is 0 Å². The van der Waals surface area contributed by atoms with Crippen LogP contribution in [0.3, 0.4) is 0 Å². The van der Waals surface area contributed by atoms with Gasteiger partial charge in [0.2, 0.25) is 5.91 Å². The average Bonchev–Trinajstić information content (AvgIpc) is 2.43. The van der Waals surface area contributed by atoms with Gasteiger partial charge >= 0.3 is 5.97 Å². The fourth-order valence-electron chi connectivity index (χ4n) is 1.57. The lowest BCUT2D eigenvalue weighted by Gasteiger charge is -2.12. The number of rotatable bonds is 8. The van der Waals surface area contributed by atoms with E-state index in [1.54, 1.807) is 24.3 Å². The monoisotopic (exact) mass is 280 g/mol. The molecule has 6 nitrogen and oxygen atoms in total. The van der Waals surface area contributed by atoms with Crippen molar-refractivity contribution in [3.05, 3.63) is 24.3 Å². The summed E-state index contributed by atoms with van der Waals surface area (Å²) in [5.74, 6) is -0.831. The van der Waals surface area contributed by atoms with Crippen molar-refractivity contribution in [2.75, 3.05) is 11.9 Å². The van der Waals surface area contributed by atoms with Crippen LogP contribution in [-0.4, -0.2) is 29.6 Å². The number of carboxylic acid groups (broad SMARTS) is 1. The molecule has 1 aromatic carbocycles. The van der Waals surface area contributed by atoms with Crippen molar-refractivity contribution >= 4 is 17.6 Å². The number of anilines is 1. The Balaban J connectivity index is 2.48. The van der Waals surface area contributed by atoms with Gasteiger partial charge in [0.05, 0.1) is 6.04 Å². The van der Waals surface area contributed by atoms with E-state index < -0.39 is 18.6 Å². The number of nitrogens with two attached hydrogens (primary N) is 1. The predicted octanol–water partition coefficient (Wildman–Crippen LogP) is 1.61. The molecule has 6 heteroatoms. The van der Waals surface area contributed by atoms with E-state index >= 15 is 0 Å². The van der Waals surface area contributed by atoms with Crippen LogP contribution in [0.25, 0.3) is 0 Å². The van der Waals surface area contributed by atoms with E-state index in [0.29, 0.717) is 17.9 Å². The molecular weight excluding hydrogens is 260 g/mol. The van der Waals surface area contributed by atoms with Gasteiger partial charge < -0.3 is 20.9 Å². The van der Waals surface area contributed by atoms with E-state index in [-0.39, 0.29) is 5.91 Å². The van der Waals surface area contributed by atoms with Crippen LogP contribution in [0.4, 0.5) is 5.69 Å². The van der Waals surface area contributed by atoms with Gasteiger partial charge in [-0.15, -0.1) is 0 Å². The first-order valence-electron chi connectivity index (χ1n) is 6.54. The standard InChI is InChI=1S/C14H20N2O4/c1-2-3-4-12(15)14(19)16-10-5-7-11(8-6-10)20-9-13(17)18/h5-8,12H,2-4,9,15H2,1H3,(H,16,19)(H,17,18)/t12-/m0/s1.